The first-order valence-corrected chi connectivity index (χ1v) is 8.85. The van der Waals surface area contributed by atoms with Crippen molar-refractivity contribution < 1.29 is 14.3 Å². The first kappa shape index (κ1) is 15.7. The van der Waals surface area contributed by atoms with Gasteiger partial charge in [-0.2, -0.15) is 0 Å². The lowest BCUT2D eigenvalue weighted by atomic mass is 10.0. The minimum atomic E-state index is -0.124. The number of carbonyl (C=O) groups excluding carboxylic acids is 1. The van der Waals surface area contributed by atoms with Crippen molar-refractivity contribution in [1.29, 1.82) is 0 Å². The molecule has 7 heteroatoms. The van der Waals surface area contributed by atoms with Crippen molar-refractivity contribution >= 4 is 28.3 Å². The maximum absolute atomic E-state index is 12.6. The van der Waals surface area contributed by atoms with E-state index in [1.165, 1.54) is 5.57 Å². The Kier molecular flexibility index (Phi) is 3.71. The molecule has 1 aromatic carbocycles. The van der Waals surface area contributed by atoms with Crippen LogP contribution in [0.15, 0.2) is 48.8 Å². The van der Waals surface area contributed by atoms with Crippen molar-refractivity contribution in [2.75, 3.05) is 25.2 Å². The molecular weight excluding hydrogens is 344 g/mol. The number of carbonyl (C=O) groups is 1. The monoisotopic (exact) mass is 362 g/mol. The molecule has 2 aliphatic heterocycles. The van der Waals surface area contributed by atoms with Crippen LogP contribution in [0.5, 0.6) is 11.5 Å². The van der Waals surface area contributed by atoms with Crippen LogP contribution < -0.4 is 14.8 Å². The number of nitrogens with one attached hydrogen (secondary N) is 2. The zero-order valence-electron chi connectivity index (χ0n) is 14.6. The molecule has 0 saturated carbocycles. The highest BCUT2D eigenvalue weighted by atomic mass is 16.7. The molecule has 3 aromatic rings. The highest BCUT2D eigenvalue weighted by Crippen LogP contribution is 2.34. The van der Waals surface area contributed by atoms with Gasteiger partial charge >= 0.3 is 6.03 Å². The van der Waals surface area contributed by atoms with Crippen LogP contribution in [-0.4, -0.2) is 40.8 Å². The second-order valence-electron chi connectivity index (χ2n) is 6.53. The molecule has 7 nitrogen and oxygen atoms in total. The summed E-state index contributed by atoms with van der Waals surface area (Å²) in [6, 6.07) is 9.20. The molecule has 0 radical (unpaired) electrons. The Morgan fingerprint density at radius 3 is 3.04 bits per heavy atom. The van der Waals surface area contributed by atoms with Crippen LogP contribution in [0.3, 0.4) is 0 Å². The van der Waals surface area contributed by atoms with Crippen LogP contribution in [0.1, 0.15) is 12.0 Å². The minimum absolute atomic E-state index is 0.124. The summed E-state index contributed by atoms with van der Waals surface area (Å²) in [5.41, 5.74) is 5.02. The van der Waals surface area contributed by atoms with E-state index in [2.05, 4.69) is 21.4 Å². The number of aromatic nitrogens is 2. The highest BCUT2D eigenvalue weighted by Gasteiger charge is 2.21. The topological polar surface area (TPSA) is 79.5 Å². The van der Waals surface area contributed by atoms with Crippen molar-refractivity contribution in [3.05, 3.63) is 54.4 Å². The van der Waals surface area contributed by atoms with Gasteiger partial charge in [0.1, 0.15) is 0 Å². The van der Waals surface area contributed by atoms with Gasteiger partial charge in [-0.3, -0.25) is 4.98 Å². The second-order valence-corrected chi connectivity index (χ2v) is 6.53. The van der Waals surface area contributed by atoms with Crippen molar-refractivity contribution in [3.63, 3.8) is 0 Å². The van der Waals surface area contributed by atoms with Gasteiger partial charge in [-0.1, -0.05) is 6.08 Å². The number of pyridine rings is 1. The average Bonchev–Trinajstić information content (AvgIpc) is 3.34. The van der Waals surface area contributed by atoms with Gasteiger partial charge in [0.15, 0.2) is 11.5 Å². The normalized spacial score (nSPS) is 15.7. The second kappa shape index (κ2) is 6.35. The zero-order valence-corrected chi connectivity index (χ0v) is 14.6. The molecule has 5 rings (SSSR count). The third-order valence-electron chi connectivity index (χ3n) is 4.90. The van der Waals surface area contributed by atoms with Gasteiger partial charge < -0.3 is 24.7 Å². The van der Waals surface area contributed by atoms with Crippen LogP contribution in [0.4, 0.5) is 10.5 Å². The van der Waals surface area contributed by atoms with Gasteiger partial charge in [-0.15, -0.1) is 0 Å². The maximum atomic E-state index is 12.6. The molecule has 2 aliphatic rings. The minimum Gasteiger partial charge on any atom is -0.454 e. The van der Waals surface area contributed by atoms with Crippen LogP contribution in [-0.2, 0) is 0 Å². The Morgan fingerprint density at radius 1 is 1.22 bits per heavy atom. The van der Waals surface area contributed by atoms with E-state index in [0.29, 0.717) is 30.3 Å². The molecule has 2 aromatic heterocycles. The molecule has 0 saturated heterocycles. The molecule has 27 heavy (non-hydrogen) atoms. The molecule has 0 unspecified atom stereocenters. The van der Waals surface area contributed by atoms with E-state index >= 15 is 0 Å². The Hall–Kier alpha value is -3.48. The number of H-pyrrole nitrogens is 1. The van der Waals surface area contributed by atoms with Crippen LogP contribution in [0, 0.1) is 0 Å². The highest BCUT2D eigenvalue weighted by molar-refractivity contribution is 5.92. The van der Waals surface area contributed by atoms with E-state index < -0.39 is 0 Å². The van der Waals surface area contributed by atoms with Crippen LogP contribution >= 0.6 is 0 Å². The smallest absolute Gasteiger partial charge is 0.322 e. The Balaban J connectivity index is 1.29. The Labute approximate surface area is 155 Å². The molecule has 4 heterocycles. The van der Waals surface area contributed by atoms with Gasteiger partial charge in [0, 0.05) is 42.8 Å². The zero-order chi connectivity index (χ0) is 18.2. The largest absolute Gasteiger partial charge is 0.454 e. The third-order valence-corrected chi connectivity index (χ3v) is 4.90. The molecule has 0 atom stereocenters. The lowest BCUT2D eigenvalue weighted by molar-refractivity contribution is 0.174. The number of ether oxygens (including phenoxy) is 2. The number of amides is 2. The molecule has 0 spiro atoms. The number of fused-ring (bicyclic) bond motifs is 2. The predicted octanol–water partition coefficient (Wildman–Crippen LogP) is 3.61. The summed E-state index contributed by atoms with van der Waals surface area (Å²) in [5, 5.41) is 2.92. The maximum Gasteiger partial charge on any atom is 0.322 e. The van der Waals surface area contributed by atoms with Gasteiger partial charge in [0.05, 0.1) is 11.0 Å². The van der Waals surface area contributed by atoms with Gasteiger partial charge in [0.2, 0.25) is 6.79 Å². The van der Waals surface area contributed by atoms with Gasteiger partial charge in [-0.25, -0.2) is 4.79 Å². The number of hydrogen-bond acceptors (Lipinski definition) is 4. The molecule has 2 amide bonds. The number of aromatic amines is 1. The standard InChI is InChI=1S/C20H18N4O3/c25-20(23-14-3-4-17-18(10-14)27-12-26-17)24-8-5-13(6-9-24)15-11-22-16-2-1-7-21-19(15)16/h1-5,7,10-11,22H,6,8-9,12H2,(H,23,25). The fraction of sp³-hybridized carbons (Fsp3) is 0.200. The summed E-state index contributed by atoms with van der Waals surface area (Å²) in [7, 11) is 0. The lowest BCUT2D eigenvalue weighted by Crippen LogP contribution is -2.37. The molecule has 0 aliphatic carbocycles. The van der Waals surface area contributed by atoms with Crippen molar-refractivity contribution in [2.45, 2.75) is 6.42 Å². The summed E-state index contributed by atoms with van der Waals surface area (Å²) in [5.74, 6) is 1.35. The van der Waals surface area contributed by atoms with Gasteiger partial charge in [0.25, 0.3) is 0 Å². The third kappa shape index (κ3) is 2.87. The Morgan fingerprint density at radius 2 is 2.15 bits per heavy atom. The number of benzene rings is 1. The number of rotatable bonds is 2. The van der Waals surface area contributed by atoms with E-state index in [1.54, 1.807) is 23.2 Å². The number of hydrogen-bond donors (Lipinski definition) is 2. The fourth-order valence-corrected chi connectivity index (χ4v) is 3.47. The molecule has 0 fully saturated rings. The summed E-state index contributed by atoms with van der Waals surface area (Å²) >= 11 is 0. The summed E-state index contributed by atoms with van der Waals surface area (Å²) in [6.45, 7) is 1.43. The van der Waals surface area contributed by atoms with Crippen molar-refractivity contribution in [1.82, 2.24) is 14.9 Å². The van der Waals surface area contributed by atoms with E-state index in [4.69, 9.17) is 9.47 Å². The van der Waals surface area contributed by atoms with Crippen LogP contribution in [0.2, 0.25) is 0 Å². The summed E-state index contributed by atoms with van der Waals surface area (Å²) in [4.78, 5) is 22.1. The lowest BCUT2D eigenvalue weighted by Gasteiger charge is -2.26. The molecule has 2 N–H and O–H groups in total. The summed E-state index contributed by atoms with van der Waals surface area (Å²) in [6.07, 6.45) is 6.68. The number of nitrogens with zero attached hydrogens (tertiary/aromatic N) is 2. The Bertz CT molecular complexity index is 1060. The fourth-order valence-electron chi connectivity index (χ4n) is 3.47. The van der Waals surface area contributed by atoms with E-state index in [1.807, 2.05) is 24.4 Å². The summed E-state index contributed by atoms with van der Waals surface area (Å²) < 4.78 is 10.6. The van der Waals surface area contributed by atoms with Gasteiger partial charge in [-0.05, 0) is 36.3 Å². The predicted molar refractivity (Wildman–Crippen MR) is 102 cm³/mol. The van der Waals surface area contributed by atoms with E-state index in [0.717, 1.165) is 23.0 Å². The molecular formula is C20H18N4O3. The van der Waals surface area contributed by atoms with Crippen molar-refractivity contribution in [2.24, 2.45) is 0 Å². The quantitative estimate of drug-likeness (QED) is 0.730. The molecule has 136 valence electrons. The SMILES string of the molecule is O=C(Nc1ccc2c(c1)OCO2)N1CC=C(c2c[nH]c3cccnc23)CC1. The first-order chi connectivity index (χ1) is 13.3. The van der Waals surface area contributed by atoms with Crippen LogP contribution in [0.25, 0.3) is 16.6 Å². The molecule has 0 bridgehead atoms. The first-order valence-electron chi connectivity index (χ1n) is 8.85. The average molecular weight is 362 g/mol. The van der Waals surface area contributed by atoms with E-state index in [9.17, 15) is 4.79 Å². The number of anilines is 1. The number of urea groups is 1. The van der Waals surface area contributed by atoms with Crippen molar-refractivity contribution in [3.8, 4) is 11.5 Å². The van der Waals surface area contributed by atoms with E-state index in [-0.39, 0.29) is 12.8 Å².